The number of carbonyl (C=O) groups is 1. The van der Waals surface area contributed by atoms with Crippen LogP contribution in [0.4, 0.5) is 11.4 Å². The Balaban J connectivity index is 1.93. The largest absolute Gasteiger partial charge is 0.376 e. The number of hydrazone groups is 1. The number of rotatable bonds is 6. The third-order valence-corrected chi connectivity index (χ3v) is 3.29. The molecule has 0 saturated carbocycles. The van der Waals surface area contributed by atoms with Gasteiger partial charge in [0.25, 0.3) is 11.6 Å². The Morgan fingerprint density at radius 1 is 1.21 bits per heavy atom. The number of anilines is 1. The van der Waals surface area contributed by atoms with Gasteiger partial charge >= 0.3 is 0 Å². The number of nitro benzene ring substituents is 1. The van der Waals surface area contributed by atoms with E-state index in [1.807, 2.05) is 31.2 Å². The Labute approximate surface area is 139 Å². The van der Waals surface area contributed by atoms with Gasteiger partial charge in [0.1, 0.15) is 0 Å². The van der Waals surface area contributed by atoms with Crippen LogP contribution in [-0.2, 0) is 4.79 Å². The van der Waals surface area contributed by atoms with E-state index in [4.69, 9.17) is 0 Å². The Morgan fingerprint density at radius 2 is 1.96 bits per heavy atom. The summed E-state index contributed by atoms with van der Waals surface area (Å²) in [6.07, 6.45) is 0. The third kappa shape index (κ3) is 4.91. The molecule has 1 amide bonds. The minimum Gasteiger partial charge on any atom is -0.376 e. The SMILES string of the molecule is C/C(=N\NC(=O)CNc1cccc(C)c1)c1cccc([N+](=O)[O-])c1. The average molecular weight is 326 g/mol. The molecule has 0 fully saturated rings. The first kappa shape index (κ1) is 17.1. The van der Waals surface area contributed by atoms with Gasteiger partial charge in [0.2, 0.25) is 0 Å². The maximum absolute atomic E-state index is 11.8. The molecule has 0 aliphatic carbocycles. The summed E-state index contributed by atoms with van der Waals surface area (Å²) in [6.45, 7) is 3.72. The fourth-order valence-electron chi connectivity index (χ4n) is 2.03. The Hall–Kier alpha value is -3.22. The Morgan fingerprint density at radius 3 is 2.67 bits per heavy atom. The molecule has 2 N–H and O–H groups in total. The van der Waals surface area contributed by atoms with Gasteiger partial charge < -0.3 is 5.32 Å². The van der Waals surface area contributed by atoms with Gasteiger partial charge in [0.15, 0.2) is 0 Å². The summed E-state index contributed by atoms with van der Waals surface area (Å²) < 4.78 is 0. The van der Waals surface area contributed by atoms with Gasteiger partial charge in [-0.2, -0.15) is 5.10 Å². The highest BCUT2D eigenvalue weighted by atomic mass is 16.6. The number of nitro groups is 1. The molecule has 2 rings (SSSR count). The second-order valence-electron chi connectivity index (χ2n) is 5.26. The van der Waals surface area contributed by atoms with Crippen LogP contribution in [0.15, 0.2) is 53.6 Å². The summed E-state index contributed by atoms with van der Waals surface area (Å²) in [5.74, 6) is -0.304. The third-order valence-electron chi connectivity index (χ3n) is 3.29. The summed E-state index contributed by atoms with van der Waals surface area (Å²) in [4.78, 5) is 22.1. The molecular formula is C17H18N4O3. The molecule has 0 bridgehead atoms. The van der Waals surface area contributed by atoms with E-state index in [1.165, 1.54) is 12.1 Å². The molecule has 124 valence electrons. The fraction of sp³-hybridized carbons (Fsp3) is 0.176. The lowest BCUT2D eigenvalue weighted by atomic mass is 10.1. The van der Waals surface area contributed by atoms with Crippen LogP contribution in [0.5, 0.6) is 0 Å². The van der Waals surface area contributed by atoms with Crippen molar-refractivity contribution in [3.63, 3.8) is 0 Å². The summed E-state index contributed by atoms with van der Waals surface area (Å²) >= 11 is 0. The standard InChI is InChI=1S/C17H18N4O3/c1-12-5-3-7-15(9-12)18-11-17(22)20-19-13(2)14-6-4-8-16(10-14)21(23)24/h3-10,18H,11H2,1-2H3,(H,20,22)/b19-13+. The number of carbonyl (C=O) groups excluding carboxylic acids is 1. The average Bonchev–Trinajstić information content (AvgIpc) is 2.58. The van der Waals surface area contributed by atoms with Crippen LogP contribution < -0.4 is 10.7 Å². The number of aryl methyl sites for hydroxylation is 1. The number of hydrogen-bond donors (Lipinski definition) is 2. The van der Waals surface area contributed by atoms with E-state index < -0.39 is 4.92 Å². The lowest BCUT2D eigenvalue weighted by molar-refractivity contribution is -0.384. The Bertz CT molecular complexity index is 787. The van der Waals surface area contributed by atoms with Crippen molar-refractivity contribution in [1.29, 1.82) is 0 Å². The van der Waals surface area contributed by atoms with E-state index in [9.17, 15) is 14.9 Å². The fourth-order valence-corrected chi connectivity index (χ4v) is 2.03. The van der Waals surface area contributed by atoms with Gasteiger partial charge in [-0.25, -0.2) is 5.43 Å². The molecule has 0 aromatic heterocycles. The first-order valence-electron chi connectivity index (χ1n) is 7.34. The smallest absolute Gasteiger partial charge is 0.270 e. The quantitative estimate of drug-likeness (QED) is 0.484. The van der Waals surface area contributed by atoms with E-state index in [0.29, 0.717) is 11.3 Å². The summed E-state index contributed by atoms with van der Waals surface area (Å²) in [5, 5.41) is 17.8. The van der Waals surface area contributed by atoms with Crippen molar-refractivity contribution in [2.45, 2.75) is 13.8 Å². The lowest BCUT2D eigenvalue weighted by Gasteiger charge is -2.06. The molecule has 0 radical (unpaired) electrons. The molecule has 0 aliphatic heterocycles. The van der Waals surface area contributed by atoms with E-state index in [-0.39, 0.29) is 18.1 Å². The molecule has 0 heterocycles. The van der Waals surface area contributed by atoms with Gasteiger partial charge in [0, 0.05) is 23.4 Å². The van der Waals surface area contributed by atoms with Crippen LogP contribution in [0.1, 0.15) is 18.1 Å². The van der Waals surface area contributed by atoms with Crippen molar-refractivity contribution >= 4 is 23.0 Å². The monoisotopic (exact) mass is 326 g/mol. The zero-order valence-electron chi connectivity index (χ0n) is 13.4. The molecule has 7 nitrogen and oxygen atoms in total. The van der Waals surface area contributed by atoms with Crippen LogP contribution in [0.3, 0.4) is 0 Å². The lowest BCUT2D eigenvalue weighted by Crippen LogP contribution is -2.26. The van der Waals surface area contributed by atoms with Crippen molar-refractivity contribution in [1.82, 2.24) is 5.43 Å². The van der Waals surface area contributed by atoms with E-state index in [0.717, 1.165) is 11.3 Å². The summed E-state index contributed by atoms with van der Waals surface area (Å²) in [5.41, 5.74) is 5.43. The molecule has 2 aromatic carbocycles. The molecule has 0 unspecified atom stereocenters. The number of hydrogen-bond acceptors (Lipinski definition) is 5. The number of nitrogens with one attached hydrogen (secondary N) is 2. The van der Waals surface area contributed by atoms with Crippen molar-refractivity contribution < 1.29 is 9.72 Å². The first-order valence-corrected chi connectivity index (χ1v) is 7.34. The van der Waals surface area contributed by atoms with Crippen LogP contribution in [-0.4, -0.2) is 23.1 Å². The topological polar surface area (TPSA) is 96.6 Å². The van der Waals surface area contributed by atoms with Crippen molar-refractivity contribution in [2.75, 3.05) is 11.9 Å². The molecule has 0 atom stereocenters. The molecular weight excluding hydrogens is 308 g/mol. The highest BCUT2D eigenvalue weighted by Crippen LogP contribution is 2.13. The molecule has 2 aromatic rings. The number of amides is 1. The first-order chi connectivity index (χ1) is 11.5. The van der Waals surface area contributed by atoms with Crippen molar-refractivity contribution in [3.05, 3.63) is 69.8 Å². The summed E-state index contributed by atoms with van der Waals surface area (Å²) in [6, 6.07) is 13.8. The van der Waals surface area contributed by atoms with E-state index >= 15 is 0 Å². The molecule has 24 heavy (non-hydrogen) atoms. The van der Waals surface area contributed by atoms with Crippen LogP contribution in [0.2, 0.25) is 0 Å². The number of non-ortho nitro benzene ring substituents is 1. The maximum atomic E-state index is 11.8. The highest BCUT2D eigenvalue weighted by Gasteiger charge is 2.08. The van der Waals surface area contributed by atoms with E-state index in [2.05, 4.69) is 15.8 Å². The van der Waals surface area contributed by atoms with Gasteiger partial charge in [-0.15, -0.1) is 0 Å². The van der Waals surface area contributed by atoms with Crippen LogP contribution in [0.25, 0.3) is 0 Å². The van der Waals surface area contributed by atoms with Crippen molar-refractivity contribution in [3.8, 4) is 0 Å². The van der Waals surface area contributed by atoms with Crippen molar-refractivity contribution in [2.24, 2.45) is 5.10 Å². The second kappa shape index (κ2) is 7.87. The van der Waals surface area contributed by atoms with Gasteiger partial charge in [-0.3, -0.25) is 14.9 Å². The van der Waals surface area contributed by atoms with Crippen LogP contribution in [0, 0.1) is 17.0 Å². The molecule has 0 aliphatic rings. The minimum absolute atomic E-state index is 0.0190. The predicted molar refractivity (Wildman–Crippen MR) is 93.1 cm³/mol. The zero-order chi connectivity index (χ0) is 17.5. The second-order valence-corrected chi connectivity index (χ2v) is 5.26. The predicted octanol–water partition coefficient (Wildman–Crippen LogP) is 2.86. The zero-order valence-corrected chi connectivity index (χ0v) is 13.4. The number of benzene rings is 2. The highest BCUT2D eigenvalue weighted by molar-refractivity contribution is 5.99. The maximum Gasteiger partial charge on any atom is 0.270 e. The molecule has 7 heteroatoms. The normalized spacial score (nSPS) is 11.0. The van der Waals surface area contributed by atoms with Gasteiger partial charge in [-0.1, -0.05) is 24.3 Å². The van der Waals surface area contributed by atoms with Gasteiger partial charge in [0.05, 0.1) is 17.2 Å². The van der Waals surface area contributed by atoms with E-state index in [1.54, 1.807) is 19.1 Å². The van der Waals surface area contributed by atoms with Crippen LogP contribution >= 0.6 is 0 Å². The minimum atomic E-state index is -0.471. The molecule has 0 saturated heterocycles. The number of nitrogens with zero attached hydrogens (tertiary/aromatic N) is 2. The molecule has 0 spiro atoms. The summed E-state index contributed by atoms with van der Waals surface area (Å²) in [7, 11) is 0. The Kier molecular flexibility index (Phi) is 5.62. The van der Waals surface area contributed by atoms with Gasteiger partial charge in [-0.05, 0) is 31.5 Å².